The highest BCUT2D eigenvalue weighted by Gasteiger charge is 2.32. The molecule has 20 heavy (non-hydrogen) atoms. The first-order chi connectivity index (χ1) is 9.70. The summed E-state index contributed by atoms with van der Waals surface area (Å²) in [5, 5.41) is 0.324. The van der Waals surface area contributed by atoms with E-state index >= 15 is 0 Å². The lowest BCUT2D eigenvalue weighted by Crippen LogP contribution is -2.37. The van der Waals surface area contributed by atoms with Crippen molar-refractivity contribution in [1.82, 2.24) is 0 Å². The molecule has 3 rings (SSSR count). The number of benzene rings is 1. The van der Waals surface area contributed by atoms with E-state index in [0.29, 0.717) is 24.0 Å². The van der Waals surface area contributed by atoms with Gasteiger partial charge in [0.2, 0.25) is 0 Å². The van der Waals surface area contributed by atoms with Gasteiger partial charge < -0.3 is 9.64 Å². The fraction of sp³-hybridized carbons (Fsp3) is 0.467. The van der Waals surface area contributed by atoms with Crippen LogP contribution in [-0.4, -0.2) is 36.3 Å². The summed E-state index contributed by atoms with van der Waals surface area (Å²) in [7, 11) is 0. The maximum Gasteiger partial charge on any atom is 0.256 e. The molecule has 1 atom stereocenters. The second-order valence-corrected chi connectivity index (χ2v) is 5.70. The summed E-state index contributed by atoms with van der Waals surface area (Å²) in [6.07, 6.45) is 2.28. The van der Waals surface area contributed by atoms with Crippen LogP contribution in [-0.2, 0) is 16.0 Å². The number of amides is 1. The first-order valence-corrected chi connectivity index (χ1v) is 7.98. The number of ketones is 1. The molecule has 0 aliphatic carbocycles. The summed E-state index contributed by atoms with van der Waals surface area (Å²) in [5.41, 5.74) is 2.70. The Bertz CT molecular complexity index is 552. The second-order valence-electron chi connectivity index (χ2n) is 5.14. The molecule has 1 saturated heterocycles. The molecule has 2 aliphatic rings. The van der Waals surface area contributed by atoms with Crippen molar-refractivity contribution in [1.29, 1.82) is 0 Å². The Morgan fingerprint density at radius 2 is 2.25 bits per heavy atom. The fourth-order valence-electron chi connectivity index (χ4n) is 2.83. The maximum atomic E-state index is 12.4. The average Bonchev–Trinajstić information content (AvgIpc) is 3.14. The SMILES string of the molecule is O=C(CBr)c1ccc2c(c1)CCN2C(=O)C1CCCO1. The molecule has 5 heteroatoms. The van der Waals surface area contributed by atoms with Gasteiger partial charge in [-0.15, -0.1) is 0 Å². The highest BCUT2D eigenvalue weighted by molar-refractivity contribution is 9.09. The van der Waals surface area contributed by atoms with Gasteiger partial charge in [-0.25, -0.2) is 0 Å². The van der Waals surface area contributed by atoms with E-state index < -0.39 is 0 Å². The number of alkyl halides is 1. The Morgan fingerprint density at radius 3 is 2.95 bits per heavy atom. The van der Waals surface area contributed by atoms with Crippen LogP contribution in [0.15, 0.2) is 18.2 Å². The molecular formula is C15H16BrNO3. The van der Waals surface area contributed by atoms with E-state index in [2.05, 4.69) is 15.9 Å². The predicted octanol–water partition coefficient (Wildman–Crippen LogP) is 2.33. The lowest BCUT2D eigenvalue weighted by atomic mass is 10.1. The van der Waals surface area contributed by atoms with Gasteiger partial charge in [0.1, 0.15) is 6.10 Å². The third-order valence-electron chi connectivity index (χ3n) is 3.89. The Morgan fingerprint density at radius 1 is 1.40 bits per heavy atom. The van der Waals surface area contributed by atoms with Gasteiger partial charge in [0.25, 0.3) is 5.91 Å². The number of Topliss-reactive ketones (excluding diaryl/α,β-unsaturated/α-hetero) is 1. The third kappa shape index (κ3) is 2.40. The molecule has 1 amide bonds. The van der Waals surface area contributed by atoms with Crippen molar-refractivity contribution in [2.24, 2.45) is 0 Å². The van der Waals surface area contributed by atoms with E-state index in [0.717, 1.165) is 30.5 Å². The largest absolute Gasteiger partial charge is 0.368 e. The van der Waals surface area contributed by atoms with E-state index in [1.807, 2.05) is 12.1 Å². The number of fused-ring (bicyclic) bond motifs is 1. The van der Waals surface area contributed by atoms with Gasteiger partial charge >= 0.3 is 0 Å². The molecule has 2 heterocycles. The highest BCUT2D eigenvalue weighted by Crippen LogP contribution is 2.31. The Hall–Kier alpha value is -1.20. The van der Waals surface area contributed by atoms with Crippen molar-refractivity contribution in [3.63, 3.8) is 0 Å². The Balaban J connectivity index is 1.83. The van der Waals surface area contributed by atoms with E-state index in [4.69, 9.17) is 4.74 Å². The fourth-order valence-corrected chi connectivity index (χ4v) is 3.15. The molecule has 4 nitrogen and oxygen atoms in total. The van der Waals surface area contributed by atoms with Gasteiger partial charge in [-0.1, -0.05) is 15.9 Å². The number of hydrogen-bond donors (Lipinski definition) is 0. The van der Waals surface area contributed by atoms with Gasteiger partial charge in [0, 0.05) is 24.4 Å². The van der Waals surface area contributed by atoms with Crippen LogP contribution in [0.3, 0.4) is 0 Å². The quantitative estimate of drug-likeness (QED) is 0.628. The maximum absolute atomic E-state index is 12.4. The number of rotatable bonds is 3. The summed E-state index contributed by atoms with van der Waals surface area (Å²) < 4.78 is 5.47. The van der Waals surface area contributed by atoms with E-state index in [-0.39, 0.29) is 17.8 Å². The molecule has 0 bridgehead atoms. The molecule has 1 fully saturated rings. The predicted molar refractivity (Wildman–Crippen MR) is 79.6 cm³/mol. The van der Waals surface area contributed by atoms with Crippen LogP contribution < -0.4 is 4.90 Å². The minimum atomic E-state index is -0.287. The Kier molecular flexibility index (Phi) is 3.89. The van der Waals surface area contributed by atoms with Crippen molar-refractivity contribution >= 4 is 33.3 Å². The van der Waals surface area contributed by atoms with Crippen LogP contribution in [0.2, 0.25) is 0 Å². The summed E-state index contributed by atoms with van der Waals surface area (Å²) in [6, 6.07) is 5.58. The first-order valence-electron chi connectivity index (χ1n) is 6.86. The minimum absolute atomic E-state index is 0.0563. The van der Waals surface area contributed by atoms with Crippen molar-refractivity contribution in [3.8, 4) is 0 Å². The number of ether oxygens (including phenoxy) is 1. The molecule has 1 aromatic rings. The number of nitrogens with zero attached hydrogens (tertiary/aromatic N) is 1. The van der Waals surface area contributed by atoms with Crippen LogP contribution in [0.5, 0.6) is 0 Å². The molecule has 0 saturated carbocycles. The molecule has 2 aliphatic heterocycles. The molecule has 0 N–H and O–H groups in total. The zero-order chi connectivity index (χ0) is 14.1. The minimum Gasteiger partial charge on any atom is -0.368 e. The van der Waals surface area contributed by atoms with Crippen molar-refractivity contribution in [2.45, 2.75) is 25.4 Å². The molecule has 0 spiro atoms. The third-order valence-corrected chi connectivity index (χ3v) is 4.40. The number of carbonyl (C=O) groups excluding carboxylic acids is 2. The topological polar surface area (TPSA) is 46.6 Å². The summed E-state index contributed by atoms with van der Waals surface area (Å²) >= 11 is 3.18. The standard InChI is InChI=1S/C15H16BrNO3/c16-9-13(18)11-3-4-12-10(8-11)5-6-17(12)15(19)14-2-1-7-20-14/h3-4,8,14H,1-2,5-7,9H2. The van der Waals surface area contributed by atoms with E-state index in [9.17, 15) is 9.59 Å². The van der Waals surface area contributed by atoms with Crippen molar-refractivity contribution in [2.75, 3.05) is 23.4 Å². The molecule has 1 unspecified atom stereocenters. The summed E-state index contributed by atoms with van der Waals surface area (Å²) in [5.74, 6) is 0.123. The molecule has 0 aromatic heterocycles. The number of carbonyl (C=O) groups is 2. The van der Waals surface area contributed by atoms with Gasteiger partial charge in [0.05, 0.1) is 5.33 Å². The number of halogens is 1. The van der Waals surface area contributed by atoms with Crippen LogP contribution in [0.25, 0.3) is 0 Å². The van der Waals surface area contributed by atoms with Gasteiger partial charge in [0.15, 0.2) is 5.78 Å². The zero-order valence-corrected chi connectivity index (χ0v) is 12.7. The lowest BCUT2D eigenvalue weighted by molar-refractivity contribution is -0.127. The van der Waals surface area contributed by atoms with Crippen LogP contribution >= 0.6 is 15.9 Å². The van der Waals surface area contributed by atoms with Crippen molar-refractivity contribution < 1.29 is 14.3 Å². The zero-order valence-electron chi connectivity index (χ0n) is 11.1. The molecule has 106 valence electrons. The van der Waals surface area contributed by atoms with Crippen LogP contribution in [0.1, 0.15) is 28.8 Å². The van der Waals surface area contributed by atoms with E-state index in [1.165, 1.54) is 0 Å². The van der Waals surface area contributed by atoms with Crippen LogP contribution in [0.4, 0.5) is 5.69 Å². The van der Waals surface area contributed by atoms with Gasteiger partial charge in [-0.05, 0) is 43.0 Å². The van der Waals surface area contributed by atoms with Crippen LogP contribution in [0, 0.1) is 0 Å². The first kappa shape index (κ1) is 13.8. The lowest BCUT2D eigenvalue weighted by Gasteiger charge is -2.20. The normalized spacial score (nSPS) is 21.1. The second kappa shape index (κ2) is 5.66. The average molecular weight is 338 g/mol. The number of hydrogen-bond acceptors (Lipinski definition) is 3. The smallest absolute Gasteiger partial charge is 0.256 e. The van der Waals surface area contributed by atoms with Gasteiger partial charge in [-0.3, -0.25) is 9.59 Å². The molecule has 1 aromatic carbocycles. The highest BCUT2D eigenvalue weighted by atomic mass is 79.9. The monoisotopic (exact) mass is 337 g/mol. The van der Waals surface area contributed by atoms with E-state index in [1.54, 1.807) is 11.0 Å². The summed E-state index contributed by atoms with van der Waals surface area (Å²) in [4.78, 5) is 25.9. The summed E-state index contributed by atoms with van der Waals surface area (Å²) in [6.45, 7) is 1.36. The molecular weight excluding hydrogens is 322 g/mol. The Labute approximate surface area is 126 Å². The van der Waals surface area contributed by atoms with Crippen molar-refractivity contribution in [3.05, 3.63) is 29.3 Å². The number of anilines is 1. The molecule has 0 radical (unpaired) electrons. The van der Waals surface area contributed by atoms with Gasteiger partial charge in [-0.2, -0.15) is 0 Å².